The van der Waals surface area contributed by atoms with E-state index in [4.69, 9.17) is 27.6 Å². The maximum atomic E-state index is 13.2. The highest BCUT2D eigenvalue weighted by molar-refractivity contribution is 6.42. The van der Waals surface area contributed by atoms with Crippen molar-refractivity contribution >= 4 is 34.9 Å². The van der Waals surface area contributed by atoms with Crippen LogP contribution in [0.15, 0.2) is 40.6 Å². The number of Topliss-reactive ketones (excluding diaryl/α,β-unsaturated/α-hetero) is 1. The van der Waals surface area contributed by atoms with E-state index in [9.17, 15) is 18.8 Å². The van der Waals surface area contributed by atoms with Gasteiger partial charge < -0.3 is 26.2 Å². The second kappa shape index (κ2) is 9.02. The molecule has 9 nitrogen and oxygen atoms in total. The highest BCUT2D eigenvalue weighted by atomic mass is 35.5. The van der Waals surface area contributed by atoms with Gasteiger partial charge in [-0.25, -0.2) is 4.39 Å². The summed E-state index contributed by atoms with van der Waals surface area (Å²) in [7, 11) is 0. The van der Waals surface area contributed by atoms with Crippen LogP contribution in [0.3, 0.4) is 0 Å². The summed E-state index contributed by atoms with van der Waals surface area (Å²) in [6, 6.07) is 4.79. The van der Waals surface area contributed by atoms with Crippen molar-refractivity contribution in [1.82, 2.24) is 10.7 Å². The average molecular weight is 410 g/mol. The van der Waals surface area contributed by atoms with Crippen LogP contribution in [0.4, 0.5) is 10.1 Å². The highest BCUT2D eigenvalue weighted by Gasteiger charge is 2.24. The Kier molecular flexibility index (Phi) is 6.74. The van der Waals surface area contributed by atoms with Gasteiger partial charge in [0.1, 0.15) is 11.6 Å². The summed E-state index contributed by atoms with van der Waals surface area (Å²) in [5.41, 5.74) is 8.17. The number of ketones is 1. The molecule has 0 aliphatic rings. The molecular formula is C17H17ClFN5O4. The van der Waals surface area contributed by atoms with Gasteiger partial charge in [0.25, 0.3) is 17.6 Å². The van der Waals surface area contributed by atoms with E-state index < -0.39 is 23.4 Å². The predicted molar refractivity (Wildman–Crippen MR) is 99.7 cm³/mol. The number of halogens is 2. The number of benzene rings is 1. The number of carbonyl (C=O) groups is 3. The Morgan fingerprint density at radius 3 is 2.64 bits per heavy atom. The molecule has 0 saturated carbocycles. The largest absolute Gasteiger partial charge is 0.457 e. The van der Waals surface area contributed by atoms with E-state index in [1.165, 1.54) is 25.3 Å². The molecule has 0 atom stereocenters. The fourth-order valence-electron chi connectivity index (χ4n) is 2.12. The van der Waals surface area contributed by atoms with Gasteiger partial charge in [-0.2, -0.15) is 0 Å². The molecule has 0 aliphatic carbocycles. The van der Waals surface area contributed by atoms with E-state index >= 15 is 0 Å². The second-order valence-corrected chi connectivity index (χ2v) is 5.97. The summed E-state index contributed by atoms with van der Waals surface area (Å²) in [4.78, 5) is 36.4. The zero-order valence-electron chi connectivity index (χ0n) is 14.6. The number of amides is 2. The van der Waals surface area contributed by atoms with Crippen LogP contribution in [0.5, 0.6) is 0 Å². The minimum absolute atomic E-state index is 0.0309. The van der Waals surface area contributed by atoms with E-state index in [-0.39, 0.29) is 40.0 Å². The summed E-state index contributed by atoms with van der Waals surface area (Å²) < 4.78 is 18.4. The van der Waals surface area contributed by atoms with Crippen molar-refractivity contribution in [2.24, 2.45) is 11.6 Å². The van der Waals surface area contributed by atoms with Crippen LogP contribution in [0, 0.1) is 12.7 Å². The topological polar surface area (TPSA) is 152 Å². The number of anilines is 1. The molecule has 1 aromatic heterocycles. The zero-order valence-corrected chi connectivity index (χ0v) is 15.4. The molecule has 0 fully saturated rings. The smallest absolute Gasteiger partial charge is 0.296 e. The van der Waals surface area contributed by atoms with Crippen LogP contribution in [-0.2, 0) is 4.79 Å². The molecule has 0 spiro atoms. The Bertz CT molecular complexity index is 957. The molecule has 0 radical (unpaired) electrons. The quantitative estimate of drug-likeness (QED) is 0.199. The molecule has 1 heterocycles. The number of rotatable bonds is 7. The summed E-state index contributed by atoms with van der Waals surface area (Å²) in [5, 5.41) is 4.62. The van der Waals surface area contributed by atoms with Crippen LogP contribution in [0.25, 0.3) is 0 Å². The molecule has 0 bridgehead atoms. The molecule has 11 heteroatoms. The third kappa shape index (κ3) is 5.09. The van der Waals surface area contributed by atoms with E-state index in [0.29, 0.717) is 0 Å². The Morgan fingerprint density at radius 2 is 2.00 bits per heavy atom. The Hall–Kier alpha value is -3.37. The lowest BCUT2D eigenvalue weighted by Crippen LogP contribution is -2.34. The fourth-order valence-corrected chi connectivity index (χ4v) is 2.30. The number of hydrogen-bond acceptors (Lipinski definition) is 7. The van der Waals surface area contributed by atoms with Gasteiger partial charge in [-0.15, -0.1) is 0 Å². The monoisotopic (exact) mass is 409 g/mol. The first-order valence-electron chi connectivity index (χ1n) is 7.83. The first kappa shape index (κ1) is 20.9. The maximum absolute atomic E-state index is 13.2. The van der Waals surface area contributed by atoms with E-state index in [1.807, 2.05) is 0 Å². The number of nitrogens with one attached hydrogen (secondary N) is 3. The molecule has 28 heavy (non-hydrogen) atoms. The van der Waals surface area contributed by atoms with E-state index in [1.54, 1.807) is 0 Å². The third-order valence-electron chi connectivity index (χ3n) is 3.49. The van der Waals surface area contributed by atoms with Crippen LogP contribution < -0.4 is 27.6 Å². The Labute approximate surface area is 163 Å². The van der Waals surface area contributed by atoms with Crippen molar-refractivity contribution in [2.75, 3.05) is 11.9 Å². The maximum Gasteiger partial charge on any atom is 0.296 e. The third-order valence-corrected chi connectivity index (χ3v) is 3.78. The summed E-state index contributed by atoms with van der Waals surface area (Å²) in [5.74, 6) is 1.63. The molecular weight excluding hydrogens is 393 g/mol. The van der Waals surface area contributed by atoms with Crippen molar-refractivity contribution in [2.45, 2.75) is 6.92 Å². The van der Waals surface area contributed by atoms with E-state index in [0.717, 1.165) is 12.1 Å². The Balaban J connectivity index is 2.09. The molecule has 1 aromatic carbocycles. The first-order chi connectivity index (χ1) is 13.2. The van der Waals surface area contributed by atoms with Gasteiger partial charge in [0.2, 0.25) is 0 Å². The number of furan rings is 1. The van der Waals surface area contributed by atoms with Gasteiger partial charge in [-0.05, 0) is 25.1 Å². The van der Waals surface area contributed by atoms with Crippen molar-refractivity contribution in [3.05, 3.63) is 64.1 Å². The van der Waals surface area contributed by atoms with Gasteiger partial charge in [0.15, 0.2) is 5.76 Å². The molecule has 2 aromatic rings. The molecule has 2 rings (SSSR count). The lowest BCUT2D eigenvalue weighted by atomic mass is 10.2. The molecule has 2 amide bonds. The van der Waals surface area contributed by atoms with Crippen LogP contribution >= 0.6 is 11.6 Å². The van der Waals surface area contributed by atoms with Gasteiger partial charge in [0.05, 0.1) is 17.1 Å². The van der Waals surface area contributed by atoms with Crippen LogP contribution in [0.2, 0.25) is 5.02 Å². The molecule has 0 saturated heterocycles. The second-order valence-electron chi connectivity index (χ2n) is 5.56. The zero-order chi connectivity index (χ0) is 20.8. The number of carbonyl (C=O) groups excluding carboxylic acids is 3. The molecule has 148 valence electrons. The minimum atomic E-state index is -0.986. The first-order valence-corrected chi connectivity index (χ1v) is 8.20. The highest BCUT2D eigenvalue weighted by Crippen LogP contribution is 2.21. The normalized spacial score (nSPS) is 11.1. The predicted octanol–water partition coefficient (Wildman–Crippen LogP) is 1.20. The van der Waals surface area contributed by atoms with Gasteiger partial charge >= 0.3 is 0 Å². The van der Waals surface area contributed by atoms with Gasteiger partial charge in [-0.3, -0.25) is 20.2 Å². The number of nitrogens with two attached hydrogens (primary N) is 2. The Morgan fingerprint density at radius 1 is 1.29 bits per heavy atom. The van der Waals surface area contributed by atoms with Crippen LogP contribution in [-0.4, -0.2) is 24.1 Å². The van der Waals surface area contributed by atoms with Crippen molar-refractivity contribution in [3.8, 4) is 0 Å². The standard InChI is InChI=1S/C17H17ClFN5O4/c1-8-11(16(26)24-10-2-3-13(19)12(18)4-10)5-14(28-8)15(25)17(27)22-6-9(20)7-23-21/h2-5,7,23H,6,20-21H2,1H3,(H,22,27)(H,24,26)/b9-7-. The van der Waals surface area contributed by atoms with Crippen molar-refractivity contribution in [3.63, 3.8) is 0 Å². The summed E-state index contributed by atoms with van der Waals surface area (Å²) >= 11 is 5.67. The average Bonchev–Trinajstić information content (AvgIpc) is 3.04. The molecule has 7 N–H and O–H groups in total. The van der Waals surface area contributed by atoms with E-state index in [2.05, 4.69) is 16.1 Å². The van der Waals surface area contributed by atoms with Crippen molar-refractivity contribution in [1.29, 1.82) is 0 Å². The van der Waals surface area contributed by atoms with Gasteiger partial charge in [-0.1, -0.05) is 11.6 Å². The SMILES string of the molecule is Cc1oc(C(=O)C(=O)NC/C(N)=C/NN)cc1C(=O)Nc1ccc(F)c(Cl)c1. The summed E-state index contributed by atoms with van der Waals surface area (Å²) in [6.07, 6.45) is 1.24. The van der Waals surface area contributed by atoms with Crippen molar-refractivity contribution < 1.29 is 23.2 Å². The van der Waals surface area contributed by atoms with Crippen LogP contribution in [0.1, 0.15) is 26.7 Å². The summed E-state index contributed by atoms with van der Waals surface area (Å²) in [6.45, 7) is 1.34. The lowest BCUT2D eigenvalue weighted by molar-refractivity contribution is -0.116. The van der Waals surface area contributed by atoms with Gasteiger partial charge in [0, 0.05) is 23.7 Å². The fraction of sp³-hybridized carbons (Fsp3) is 0.118. The minimum Gasteiger partial charge on any atom is -0.457 e. The lowest BCUT2D eigenvalue weighted by Gasteiger charge is -2.05. The number of aryl methyl sites for hydroxylation is 1. The number of hydrogen-bond donors (Lipinski definition) is 5. The molecule has 0 aliphatic heterocycles. The number of hydrazine groups is 1. The molecule has 0 unspecified atom stereocenters.